The average molecular weight is 267 g/mol. The zero-order chi connectivity index (χ0) is 13.8. The zero-order valence-electron chi connectivity index (χ0n) is 11.3. The number of esters is 1. The highest BCUT2D eigenvalue weighted by Crippen LogP contribution is 2.42. The van der Waals surface area contributed by atoms with E-state index in [9.17, 15) is 9.59 Å². The summed E-state index contributed by atoms with van der Waals surface area (Å²) in [6.07, 6.45) is 0.182. The van der Waals surface area contributed by atoms with Crippen molar-refractivity contribution in [3.8, 4) is 0 Å². The Morgan fingerprint density at radius 1 is 1.37 bits per heavy atom. The maximum absolute atomic E-state index is 12.0. The molecular weight excluding hydrogens is 250 g/mol. The van der Waals surface area contributed by atoms with E-state index in [-0.39, 0.29) is 24.1 Å². The van der Waals surface area contributed by atoms with Gasteiger partial charge in [0.1, 0.15) is 12.2 Å². The second-order valence-corrected chi connectivity index (χ2v) is 5.45. The van der Waals surface area contributed by atoms with Crippen molar-refractivity contribution in [3.05, 3.63) is 11.3 Å². The van der Waals surface area contributed by atoms with Crippen molar-refractivity contribution in [1.29, 1.82) is 0 Å². The number of nitrogens with zero attached hydrogens (tertiary/aromatic N) is 1. The maximum atomic E-state index is 12.0. The summed E-state index contributed by atoms with van der Waals surface area (Å²) in [6.45, 7) is 4.11. The molecule has 3 aliphatic rings. The largest absolute Gasteiger partial charge is 0.466 e. The molecule has 0 spiro atoms. The lowest BCUT2D eigenvalue weighted by Gasteiger charge is -2.29. The van der Waals surface area contributed by atoms with Crippen molar-refractivity contribution >= 4 is 11.9 Å². The highest BCUT2D eigenvalue weighted by molar-refractivity contribution is 5.94. The summed E-state index contributed by atoms with van der Waals surface area (Å²) in [4.78, 5) is 25.4. The molecule has 6 nitrogen and oxygen atoms in total. The van der Waals surface area contributed by atoms with Crippen LogP contribution in [0.25, 0.3) is 0 Å². The van der Waals surface area contributed by atoms with Crippen LogP contribution in [0.4, 0.5) is 0 Å². The molecule has 104 valence electrons. The third-order valence-corrected chi connectivity index (χ3v) is 3.74. The highest BCUT2D eigenvalue weighted by Gasteiger charge is 2.53. The molecule has 0 aromatic carbocycles. The second kappa shape index (κ2) is 4.05. The number of amides is 1. The number of hydrogen-bond acceptors (Lipinski definition) is 5. The number of methoxy groups -OCH3 is 1. The third-order valence-electron chi connectivity index (χ3n) is 3.74. The SMILES string of the molecule is COC(=O)C1=C2[C@@H]3OC(C)(C)O[C@@H]3CN2C(=O)CC1. The number of carbonyl (C=O) groups is 2. The van der Waals surface area contributed by atoms with E-state index in [1.165, 1.54) is 7.11 Å². The van der Waals surface area contributed by atoms with Crippen LogP contribution < -0.4 is 0 Å². The van der Waals surface area contributed by atoms with Gasteiger partial charge in [0.05, 0.1) is 24.9 Å². The summed E-state index contributed by atoms with van der Waals surface area (Å²) in [7, 11) is 1.35. The van der Waals surface area contributed by atoms with Gasteiger partial charge < -0.3 is 19.1 Å². The molecule has 6 heteroatoms. The number of carbonyl (C=O) groups excluding carboxylic acids is 2. The van der Waals surface area contributed by atoms with Gasteiger partial charge in [0.25, 0.3) is 0 Å². The van der Waals surface area contributed by atoms with Crippen LogP contribution in [0, 0.1) is 0 Å². The summed E-state index contributed by atoms with van der Waals surface area (Å²) < 4.78 is 16.4. The summed E-state index contributed by atoms with van der Waals surface area (Å²) in [5, 5.41) is 0. The van der Waals surface area contributed by atoms with Gasteiger partial charge in [-0.3, -0.25) is 4.79 Å². The lowest BCUT2D eigenvalue weighted by molar-refractivity contribution is -0.157. The van der Waals surface area contributed by atoms with Gasteiger partial charge in [-0.25, -0.2) is 4.79 Å². The van der Waals surface area contributed by atoms with Crippen molar-refractivity contribution in [1.82, 2.24) is 4.90 Å². The van der Waals surface area contributed by atoms with Crippen LogP contribution in [0.2, 0.25) is 0 Å². The third kappa shape index (κ3) is 1.86. The van der Waals surface area contributed by atoms with E-state index in [0.717, 1.165) is 0 Å². The molecule has 3 aliphatic heterocycles. The number of rotatable bonds is 1. The Morgan fingerprint density at radius 2 is 2.11 bits per heavy atom. The van der Waals surface area contributed by atoms with Crippen LogP contribution in [0.15, 0.2) is 11.3 Å². The average Bonchev–Trinajstić information content (AvgIpc) is 2.82. The van der Waals surface area contributed by atoms with Crippen molar-refractivity contribution in [2.24, 2.45) is 0 Å². The van der Waals surface area contributed by atoms with Crippen molar-refractivity contribution in [2.45, 2.75) is 44.7 Å². The first-order valence-electron chi connectivity index (χ1n) is 6.40. The van der Waals surface area contributed by atoms with E-state index >= 15 is 0 Å². The van der Waals surface area contributed by atoms with Crippen LogP contribution in [0.3, 0.4) is 0 Å². The van der Waals surface area contributed by atoms with E-state index in [4.69, 9.17) is 14.2 Å². The molecule has 0 bridgehead atoms. The summed E-state index contributed by atoms with van der Waals surface area (Å²) in [5.41, 5.74) is 1.18. The normalized spacial score (nSPS) is 32.4. The van der Waals surface area contributed by atoms with Crippen LogP contribution >= 0.6 is 0 Å². The molecule has 0 aromatic rings. The van der Waals surface area contributed by atoms with Crippen LogP contribution in [-0.4, -0.2) is 48.4 Å². The first kappa shape index (κ1) is 12.6. The second-order valence-electron chi connectivity index (χ2n) is 5.45. The molecule has 3 rings (SSSR count). The number of hydrogen-bond donors (Lipinski definition) is 0. The standard InChI is InChI=1S/C13H17NO5/c1-13(2)18-8-6-14-9(15)5-4-7(12(16)17-3)10(14)11(8)19-13/h8,11H,4-6H2,1-3H3/t8-,11-/m1/s1. The Balaban J connectivity index is 2.02. The van der Waals surface area contributed by atoms with Gasteiger partial charge in [-0.2, -0.15) is 0 Å². The molecule has 19 heavy (non-hydrogen) atoms. The molecule has 0 N–H and O–H groups in total. The molecular formula is C13H17NO5. The van der Waals surface area contributed by atoms with Crippen molar-refractivity contribution < 1.29 is 23.8 Å². The molecule has 2 fully saturated rings. The topological polar surface area (TPSA) is 65.1 Å². The van der Waals surface area contributed by atoms with Gasteiger partial charge in [0.2, 0.25) is 5.91 Å². The minimum absolute atomic E-state index is 0.0158. The minimum atomic E-state index is -0.684. The smallest absolute Gasteiger partial charge is 0.335 e. The fourth-order valence-electron chi connectivity index (χ4n) is 3.03. The van der Waals surface area contributed by atoms with E-state index < -0.39 is 5.79 Å². The van der Waals surface area contributed by atoms with E-state index in [1.54, 1.807) is 4.90 Å². The predicted molar refractivity (Wildman–Crippen MR) is 63.8 cm³/mol. The van der Waals surface area contributed by atoms with E-state index in [1.807, 2.05) is 13.8 Å². The maximum Gasteiger partial charge on any atom is 0.335 e. The van der Waals surface area contributed by atoms with Crippen molar-refractivity contribution in [3.63, 3.8) is 0 Å². The van der Waals surface area contributed by atoms with E-state index in [2.05, 4.69) is 0 Å². The first-order valence-corrected chi connectivity index (χ1v) is 6.40. The van der Waals surface area contributed by atoms with Crippen LogP contribution in [0.1, 0.15) is 26.7 Å². The molecule has 0 aliphatic carbocycles. The Kier molecular flexibility index (Phi) is 2.69. The minimum Gasteiger partial charge on any atom is -0.466 e. The Bertz CT molecular complexity index is 481. The monoisotopic (exact) mass is 267 g/mol. The molecule has 0 radical (unpaired) electrons. The van der Waals surface area contributed by atoms with Crippen LogP contribution in [0.5, 0.6) is 0 Å². The number of fused-ring (bicyclic) bond motifs is 3. The highest BCUT2D eigenvalue weighted by atomic mass is 16.8. The first-order chi connectivity index (χ1) is 8.93. The van der Waals surface area contributed by atoms with Gasteiger partial charge in [-0.05, 0) is 20.3 Å². The van der Waals surface area contributed by atoms with Gasteiger partial charge in [-0.15, -0.1) is 0 Å². The van der Waals surface area contributed by atoms with Gasteiger partial charge in [-0.1, -0.05) is 0 Å². The van der Waals surface area contributed by atoms with Crippen molar-refractivity contribution in [2.75, 3.05) is 13.7 Å². The Hall–Kier alpha value is -1.40. The molecule has 2 saturated heterocycles. The van der Waals surface area contributed by atoms with Gasteiger partial charge in [0.15, 0.2) is 5.79 Å². The molecule has 0 unspecified atom stereocenters. The van der Waals surface area contributed by atoms with E-state index in [0.29, 0.717) is 30.7 Å². The Labute approximate surface area is 111 Å². The molecule has 0 saturated carbocycles. The summed E-state index contributed by atoms with van der Waals surface area (Å²) >= 11 is 0. The number of ether oxygens (including phenoxy) is 3. The quantitative estimate of drug-likeness (QED) is 0.650. The lowest BCUT2D eigenvalue weighted by Crippen LogP contribution is -2.37. The molecule has 0 aromatic heterocycles. The molecule has 2 atom stereocenters. The fourth-order valence-corrected chi connectivity index (χ4v) is 3.03. The summed E-state index contributed by atoms with van der Waals surface area (Å²) in [5.74, 6) is -1.06. The fraction of sp³-hybridized carbons (Fsp3) is 0.692. The zero-order valence-corrected chi connectivity index (χ0v) is 11.3. The summed E-state index contributed by atoms with van der Waals surface area (Å²) in [6, 6.07) is 0. The lowest BCUT2D eigenvalue weighted by atomic mass is 10.0. The molecule has 3 heterocycles. The van der Waals surface area contributed by atoms with Crippen LogP contribution in [-0.2, 0) is 23.8 Å². The molecule has 1 amide bonds. The van der Waals surface area contributed by atoms with Gasteiger partial charge in [0, 0.05) is 6.42 Å². The Morgan fingerprint density at radius 3 is 2.79 bits per heavy atom. The van der Waals surface area contributed by atoms with Gasteiger partial charge >= 0.3 is 5.97 Å². The predicted octanol–water partition coefficient (Wildman–Crippen LogP) is 0.570.